The van der Waals surface area contributed by atoms with Gasteiger partial charge in [0.2, 0.25) is 0 Å². The summed E-state index contributed by atoms with van der Waals surface area (Å²) < 4.78 is 5.36. The summed E-state index contributed by atoms with van der Waals surface area (Å²) in [6.07, 6.45) is 0. The molecule has 1 N–H and O–H groups in total. The molecule has 15 heavy (non-hydrogen) atoms. The van der Waals surface area contributed by atoms with Gasteiger partial charge in [0.05, 0.1) is 13.2 Å². The van der Waals surface area contributed by atoms with Crippen molar-refractivity contribution in [2.24, 2.45) is 5.92 Å². The molecule has 80 valence electrons. The first kappa shape index (κ1) is 11.8. The van der Waals surface area contributed by atoms with E-state index in [2.05, 4.69) is 11.8 Å². The molecule has 0 saturated heterocycles. The topological polar surface area (TPSA) is 29.5 Å². The van der Waals surface area contributed by atoms with Crippen molar-refractivity contribution in [3.63, 3.8) is 0 Å². The van der Waals surface area contributed by atoms with Crippen LogP contribution in [-0.4, -0.2) is 18.3 Å². The van der Waals surface area contributed by atoms with Crippen molar-refractivity contribution >= 4 is 0 Å². The molecule has 0 bridgehead atoms. The molecule has 1 atom stereocenters. The zero-order valence-corrected chi connectivity index (χ0v) is 8.94. The molecule has 0 aliphatic heterocycles. The molecule has 0 aliphatic carbocycles. The molecular weight excluding hydrogens is 188 g/mol. The van der Waals surface area contributed by atoms with Crippen molar-refractivity contribution in [3.8, 4) is 11.8 Å². The number of hydrogen-bond donors (Lipinski definition) is 1. The average Bonchev–Trinajstić information content (AvgIpc) is 2.29. The molecule has 0 aliphatic rings. The molecule has 2 nitrogen and oxygen atoms in total. The lowest BCUT2D eigenvalue weighted by Gasteiger charge is -1.99. The maximum Gasteiger partial charge on any atom is 0.108 e. The quantitative estimate of drug-likeness (QED) is 0.599. The van der Waals surface area contributed by atoms with E-state index in [0.29, 0.717) is 13.2 Å². The summed E-state index contributed by atoms with van der Waals surface area (Å²) in [5.74, 6) is 5.80. The predicted octanol–water partition coefficient (Wildman–Crippen LogP) is 1.83. The molecule has 1 unspecified atom stereocenters. The lowest BCUT2D eigenvalue weighted by molar-refractivity contribution is 0.153. The minimum atomic E-state index is 0.0327. The van der Waals surface area contributed by atoms with Gasteiger partial charge in [-0.1, -0.05) is 42.2 Å². The monoisotopic (exact) mass is 204 g/mol. The molecule has 0 radical (unpaired) electrons. The summed E-state index contributed by atoms with van der Waals surface area (Å²) in [7, 11) is 0. The van der Waals surface area contributed by atoms with Crippen LogP contribution in [-0.2, 0) is 11.3 Å². The second-order valence-electron chi connectivity index (χ2n) is 3.38. The summed E-state index contributed by atoms with van der Waals surface area (Å²) >= 11 is 0. The Labute approximate surface area is 90.9 Å². The molecule has 0 spiro atoms. The van der Waals surface area contributed by atoms with E-state index >= 15 is 0 Å². The highest BCUT2D eigenvalue weighted by atomic mass is 16.5. The SMILES string of the molecule is CC(C#CCOCc1ccccc1)CO. The van der Waals surface area contributed by atoms with Crippen molar-refractivity contribution in [2.75, 3.05) is 13.2 Å². The number of aliphatic hydroxyl groups excluding tert-OH is 1. The van der Waals surface area contributed by atoms with Crippen molar-refractivity contribution in [1.82, 2.24) is 0 Å². The van der Waals surface area contributed by atoms with E-state index < -0.39 is 0 Å². The molecule has 2 heteroatoms. The fourth-order valence-electron chi connectivity index (χ4n) is 1.06. The third kappa shape index (κ3) is 5.21. The zero-order chi connectivity index (χ0) is 10.9. The smallest absolute Gasteiger partial charge is 0.108 e. The minimum absolute atomic E-state index is 0.0327. The summed E-state index contributed by atoms with van der Waals surface area (Å²) in [4.78, 5) is 0. The van der Waals surface area contributed by atoms with Gasteiger partial charge in [-0.3, -0.25) is 0 Å². The Morgan fingerprint density at radius 1 is 1.33 bits per heavy atom. The predicted molar refractivity (Wildman–Crippen MR) is 60.1 cm³/mol. The van der Waals surface area contributed by atoms with Crippen molar-refractivity contribution in [3.05, 3.63) is 35.9 Å². The fourth-order valence-corrected chi connectivity index (χ4v) is 1.06. The van der Waals surface area contributed by atoms with Gasteiger partial charge in [-0.25, -0.2) is 0 Å². The van der Waals surface area contributed by atoms with E-state index in [4.69, 9.17) is 9.84 Å². The molecule has 0 aromatic heterocycles. The number of benzene rings is 1. The highest BCUT2D eigenvalue weighted by Crippen LogP contribution is 1.99. The van der Waals surface area contributed by atoms with Gasteiger partial charge >= 0.3 is 0 Å². The minimum Gasteiger partial charge on any atom is -0.395 e. The Hall–Kier alpha value is -1.30. The number of aliphatic hydroxyl groups is 1. The van der Waals surface area contributed by atoms with Gasteiger partial charge in [0, 0.05) is 5.92 Å². The van der Waals surface area contributed by atoms with Gasteiger partial charge in [-0.05, 0) is 12.5 Å². The van der Waals surface area contributed by atoms with Crippen LogP contribution < -0.4 is 0 Å². The van der Waals surface area contributed by atoms with Crippen LogP contribution in [0.3, 0.4) is 0 Å². The molecular formula is C13H16O2. The molecule has 0 amide bonds. The molecule has 1 aromatic carbocycles. The maximum atomic E-state index is 8.73. The van der Waals surface area contributed by atoms with E-state index in [-0.39, 0.29) is 12.5 Å². The van der Waals surface area contributed by atoms with Crippen molar-refractivity contribution < 1.29 is 9.84 Å². The van der Waals surface area contributed by atoms with E-state index in [1.54, 1.807) is 0 Å². The molecule has 0 fully saturated rings. The highest BCUT2D eigenvalue weighted by Gasteiger charge is 1.91. The Kier molecular flexibility index (Phi) is 5.54. The van der Waals surface area contributed by atoms with E-state index in [1.165, 1.54) is 0 Å². The zero-order valence-electron chi connectivity index (χ0n) is 8.94. The van der Waals surface area contributed by atoms with Crippen LogP contribution in [0, 0.1) is 17.8 Å². The van der Waals surface area contributed by atoms with Gasteiger partial charge in [0.1, 0.15) is 6.61 Å². The highest BCUT2D eigenvalue weighted by molar-refractivity contribution is 5.13. The normalized spacial score (nSPS) is 11.6. The fraction of sp³-hybridized carbons (Fsp3) is 0.385. The van der Waals surface area contributed by atoms with Crippen LogP contribution in [0.5, 0.6) is 0 Å². The summed E-state index contributed by atoms with van der Waals surface area (Å²) in [6.45, 7) is 2.98. The van der Waals surface area contributed by atoms with Gasteiger partial charge in [0.15, 0.2) is 0 Å². The van der Waals surface area contributed by atoms with Crippen LogP contribution in [0.4, 0.5) is 0 Å². The van der Waals surface area contributed by atoms with Crippen LogP contribution in [0.15, 0.2) is 30.3 Å². The van der Waals surface area contributed by atoms with Crippen LogP contribution >= 0.6 is 0 Å². The largest absolute Gasteiger partial charge is 0.395 e. The average molecular weight is 204 g/mol. The molecule has 0 heterocycles. The first-order chi connectivity index (χ1) is 7.33. The number of rotatable bonds is 4. The van der Waals surface area contributed by atoms with Crippen LogP contribution in [0.1, 0.15) is 12.5 Å². The van der Waals surface area contributed by atoms with Crippen molar-refractivity contribution in [2.45, 2.75) is 13.5 Å². The second-order valence-corrected chi connectivity index (χ2v) is 3.38. The van der Waals surface area contributed by atoms with E-state index in [0.717, 1.165) is 5.56 Å². The third-order valence-electron chi connectivity index (χ3n) is 1.91. The third-order valence-corrected chi connectivity index (χ3v) is 1.91. The standard InChI is InChI=1S/C13H16O2/c1-12(10-14)6-5-9-15-11-13-7-3-2-4-8-13/h2-4,7-8,12,14H,9-11H2,1H3. The van der Waals surface area contributed by atoms with E-state index in [9.17, 15) is 0 Å². The molecule has 1 aromatic rings. The Balaban J connectivity index is 2.19. The summed E-state index contributed by atoms with van der Waals surface area (Å²) in [5.41, 5.74) is 1.15. The lowest BCUT2D eigenvalue weighted by Crippen LogP contribution is -1.97. The first-order valence-electron chi connectivity index (χ1n) is 5.04. The van der Waals surface area contributed by atoms with Crippen LogP contribution in [0.2, 0.25) is 0 Å². The van der Waals surface area contributed by atoms with Crippen molar-refractivity contribution in [1.29, 1.82) is 0 Å². The second kappa shape index (κ2) is 7.05. The Morgan fingerprint density at radius 2 is 2.07 bits per heavy atom. The number of hydrogen-bond acceptors (Lipinski definition) is 2. The Morgan fingerprint density at radius 3 is 2.73 bits per heavy atom. The number of ether oxygens (including phenoxy) is 1. The summed E-state index contributed by atoms with van der Waals surface area (Å²) in [5, 5.41) is 8.73. The van der Waals surface area contributed by atoms with Crippen LogP contribution in [0.25, 0.3) is 0 Å². The summed E-state index contributed by atoms with van der Waals surface area (Å²) in [6, 6.07) is 9.98. The lowest BCUT2D eigenvalue weighted by atomic mass is 10.2. The molecule has 1 rings (SSSR count). The van der Waals surface area contributed by atoms with Gasteiger partial charge in [-0.15, -0.1) is 0 Å². The molecule has 0 saturated carbocycles. The van der Waals surface area contributed by atoms with E-state index in [1.807, 2.05) is 37.3 Å². The first-order valence-corrected chi connectivity index (χ1v) is 5.04. The van der Waals surface area contributed by atoms with Gasteiger partial charge in [0.25, 0.3) is 0 Å². The van der Waals surface area contributed by atoms with Gasteiger partial charge < -0.3 is 9.84 Å². The maximum absolute atomic E-state index is 8.73. The van der Waals surface area contributed by atoms with Gasteiger partial charge in [-0.2, -0.15) is 0 Å². The Bertz CT molecular complexity index is 321.